The van der Waals surface area contributed by atoms with Crippen LogP contribution in [0, 0.1) is 5.82 Å². The van der Waals surface area contributed by atoms with Gasteiger partial charge in [0.05, 0.1) is 11.9 Å². The Kier molecular flexibility index (Phi) is 5.79. The summed E-state index contributed by atoms with van der Waals surface area (Å²) in [5, 5.41) is 0. The Labute approximate surface area is 159 Å². The van der Waals surface area contributed by atoms with Crippen LogP contribution in [-0.2, 0) is 27.8 Å². The number of nitrogens with zero attached hydrogens (tertiary/aromatic N) is 2. The Bertz CT molecular complexity index is 913. The zero-order valence-corrected chi connectivity index (χ0v) is 16.1. The first-order chi connectivity index (χ1) is 12.8. The first-order valence-corrected chi connectivity index (χ1v) is 10.8. The van der Waals surface area contributed by atoms with Crippen molar-refractivity contribution in [2.75, 3.05) is 23.7 Å². The average Bonchev–Trinajstić information content (AvgIpc) is 2.64. The Hall–Kier alpha value is -2.41. The second kappa shape index (κ2) is 8.08. The van der Waals surface area contributed by atoms with Crippen LogP contribution in [-0.4, -0.2) is 38.6 Å². The van der Waals surface area contributed by atoms with Gasteiger partial charge in [-0.25, -0.2) is 12.8 Å². The van der Waals surface area contributed by atoms with Gasteiger partial charge in [0, 0.05) is 26.1 Å². The summed E-state index contributed by atoms with van der Waals surface area (Å²) in [5.41, 5.74) is 2.85. The lowest BCUT2D eigenvalue weighted by molar-refractivity contribution is -0.132. The molecule has 0 radical (unpaired) electrons. The Morgan fingerprint density at radius 2 is 1.78 bits per heavy atom. The predicted molar refractivity (Wildman–Crippen MR) is 103 cm³/mol. The SMILES string of the molecule is CS(=O)(=O)N(CCCC(=O)N1CCc2ccccc2C1)c1ccc(F)cc1. The zero-order chi connectivity index (χ0) is 19.4. The summed E-state index contributed by atoms with van der Waals surface area (Å²) < 4.78 is 38.4. The molecule has 0 aromatic heterocycles. The molecule has 3 rings (SSSR count). The molecule has 0 N–H and O–H groups in total. The molecule has 0 atom stereocenters. The number of sulfonamides is 1. The molecule has 0 bridgehead atoms. The van der Waals surface area contributed by atoms with Gasteiger partial charge >= 0.3 is 0 Å². The van der Waals surface area contributed by atoms with Gasteiger partial charge in [-0.3, -0.25) is 9.10 Å². The fourth-order valence-electron chi connectivity index (χ4n) is 3.33. The van der Waals surface area contributed by atoms with E-state index in [0.717, 1.165) is 12.7 Å². The van der Waals surface area contributed by atoms with Crippen molar-refractivity contribution < 1.29 is 17.6 Å². The van der Waals surface area contributed by atoms with Crippen LogP contribution in [0.15, 0.2) is 48.5 Å². The number of amides is 1. The van der Waals surface area contributed by atoms with E-state index >= 15 is 0 Å². The minimum atomic E-state index is -3.51. The normalized spacial score (nSPS) is 13.9. The molecule has 0 saturated heterocycles. The van der Waals surface area contributed by atoms with Crippen LogP contribution < -0.4 is 4.31 Å². The van der Waals surface area contributed by atoms with E-state index in [1.807, 2.05) is 23.1 Å². The molecule has 1 aliphatic heterocycles. The highest BCUT2D eigenvalue weighted by atomic mass is 32.2. The summed E-state index contributed by atoms with van der Waals surface area (Å²) in [6.45, 7) is 1.47. The largest absolute Gasteiger partial charge is 0.338 e. The van der Waals surface area contributed by atoms with E-state index in [2.05, 4.69) is 6.07 Å². The lowest BCUT2D eigenvalue weighted by atomic mass is 9.99. The summed E-state index contributed by atoms with van der Waals surface area (Å²) in [4.78, 5) is 14.4. The number of anilines is 1. The van der Waals surface area contributed by atoms with Crippen LogP contribution >= 0.6 is 0 Å². The topological polar surface area (TPSA) is 57.7 Å². The van der Waals surface area contributed by atoms with Crippen molar-refractivity contribution in [2.45, 2.75) is 25.8 Å². The molecule has 0 spiro atoms. The van der Waals surface area contributed by atoms with Crippen LogP contribution in [0.25, 0.3) is 0 Å². The zero-order valence-electron chi connectivity index (χ0n) is 15.3. The molecule has 0 unspecified atom stereocenters. The highest BCUT2D eigenvalue weighted by molar-refractivity contribution is 7.92. The minimum absolute atomic E-state index is 0.0251. The van der Waals surface area contributed by atoms with Gasteiger partial charge < -0.3 is 4.90 Å². The molecule has 1 aliphatic rings. The second-order valence-corrected chi connectivity index (χ2v) is 8.66. The van der Waals surface area contributed by atoms with Gasteiger partial charge in [-0.05, 0) is 48.2 Å². The first kappa shape index (κ1) is 19.4. The monoisotopic (exact) mass is 390 g/mol. The number of carbonyl (C=O) groups is 1. The maximum Gasteiger partial charge on any atom is 0.232 e. The summed E-state index contributed by atoms with van der Waals surface area (Å²) in [5.74, 6) is -0.398. The maximum atomic E-state index is 13.1. The molecule has 27 heavy (non-hydrogen) atoms. The highest BCUT2D eigenvalue weighted by Gasteiger charge is 2.22. The Balaban J connectivity index is 1.59. The number of fused-ring (bicyclic) bond motifs is 1. The molecule has 0 fully saturated rings. The molecule has 2 aromatic rings. The fraction of sp³-hybridized carbons (Fsp3) is 0.350. The fourth-order valence-corrected chi connectivity index (χ4v) is 4.30. The van der Waals surface area contributed by atoms with Crippen molar-refractivity contribution in [2.24, 2.45) is 0 Å². The summed E-state index contributed by atoms with van der Waals surface area (Å²) in [6, 6.07) is 13.4. The standard InChI is InChI=1S/C20H23FN2O3S/c1-27(25,26)23(19-10-8-18(21)9-11-19)13-4-7-20(24)22-14-12-16-5-2-3-6-17(16)15-22/h2-3,5-6,8-11H,4,7,12-15H2,1H3. The molecule has 5 nitrogen and oxygen atoms in total. The van der Waals surface area contributed by atoms with Crippen molar-refractivity contribution >= 4 is 21.6 Å². The number of hydrogen-bond acceptors (Lipinski definition) is 3. The van der Waals surface area contributed by atoms with Gasteiger partial charge in [-0.15, -0.1) is 0 Å². The summed E-state index contributed by atoms with van der Waals surface area (Å²) in [6.07, 6.45) is 2.63. The molecular formula is C20H23FN2O3S. The molecule has 0 aliphatic carbocycles. The van der Waals surface area contributed by atoms with Crippen LogP contribution in [0.1, 0.15) is 24.0 Å². The smallest absolute Gasteiger partial charge is 0.232 e. The number of benzene rings is 2. The van der Waals surface area contributed by atoms with E-state index in [4.69, 9.17) is 0 Å². The molecule has 1 heterocycles. The summed E-state index contributed by atoms with van der Waals surface area (Å²) >= 11 is 0. The number of halogens is 1. The molecular weight excluding hydrogens is 367 g/mol. The van der Waals surface area contributed by atoms with Gasteiger partial charge in [-0.2, -0.15) is 0 Å². The number of carbonyl (C=O) groups excluding carboxylic acids is 1. The summed E-state index contributed by atoms with van der Waals surface area (Å²) in [7, 11) is -3.51. The third kappa shape index (κ3) is 4.86. The van der Waals surface area contributed by atoms with E-state index in [9.17, 15) is 17.6 Å². The van der Waals surface area contributed by atoms with Crippen molar-refractivity contribution in [1.29, 1.82) is 0 Å². The van der Waals surface area contributed by atoms with Crippen molar-refractivity contribution in [3.63, 3.8) is 0 Å². The van der Waals surface area contributed by atoms with Gasteiger partial charge in [0.2, 0.25) is 15.9 Å². The predicted octanol–water partition coefficient (Wildman–Crippen LogP) is 2.96. The maximum absolute atomic E-state index is 13.1. The van der Waals surface area contributed by atoms with Crippen molar-refractivity contribution in [1.82, 2.24) is 4.90 Å². The third-order valence-electron chi connectivity index (χ3n) is 4.75. The van der Waals surface area contributed by atoms with Gasteiger partial charge in [-0.1, -0.05) is 24.3 Å². The minimum Gasteiger partial charge on any atom is -0.338 e. The Morgan fingerprint density at radius 3 is 2.44 bits per heavy atom. The number of rotatable bonds is 6. The molecule has 144 valence electrons. The van der Waals surface area contributed by atoms with Gasteiger partial charge in [0.1, 0.15) is 5.82 Å². The average molecular weight is 390 g/mol. The third-order valence-corrected chi connectivity index (χ3v) is 5.94. The lowest BCUT2D eigenvalue weighted by Gasteiger charge is -2.29. The van der Waals surface area contributed by atoms with E-state index in [-0.39, 0.29) is 18.9 Å². The van der Waals surface area contributed by atoms with E-state index in [0.29, 0.717) is 25.2 Å². The van der Waals surface area contributed by atoms with E-state index < -0.39 is 15.8 Å². The van der Waals surface area contributed by atoms with Crippen LogP contribution in [0.3, 0.4) is 0 Å². The molecule has 1 amide bonds. The molecule has 7 heteroatoms. The van der Waals surface area contributed by atoms with E-state index in [1.165, 1.54) is 39.7 Å². The number of hydrogen-bond donors (Lipinski definition) is 0. The van der Waals surface area contributed by atoms with Crippen LogP contribution in [0.4, 0.5) is 10.1 Å². The van der Waals surface area contributed by atoms with E-state index in [1.54, 1.807) is 0 Å². The van der Waals surface area contributed by atoms with Crippen molar-refractivity contribution in [3.05, 3.63) is 65.5 Å². The first-order valence-electron chi connectivity index (χ1n) is 8.92. The molecule has 2 aromatic carbocycles. The highest BCUT2D eigenvalue weighted by Crippen LogP contribution is 2.21. The van der Waals surface area contributed by atoms with Crippen LogP contribution in [0.2, 0.25) is 0 Å². The molecule has 0 saturated carbocycles. The van der Waals surface area contributed by atoms with Crippen LogP contribution in [0.5, 0.6) is 0 Å². The Morgan fingerprint density at radius 1 is 1.11 bits per heavy atom. The lowest BCUT2D eigenvalue weighted by Crippen LogP contribution is -2.37. The van der Waals surface area contributed by atoms with Gasteiger partial charge in [0.15, 0.2) is 0 Å². The quantitative estimate of drug-likeness (QED) is 0.762. The second-order valence-electron chi connectivity index (χ2n) is 6.75. The van der Waals surface area contributed by atoms with Gasteiger partial charge in [0.25, 0.3) is 0 Å². The van der Waals surface area contributed by atoms with Crippen molar-refractivity contribution in [3.8, 4) is 0 Å².